The molecular formula is C13H16FNO4. The van der Waals surface area contributed by atoms with Crippen molar-refractivity contribution in [1.82, 2.24) is 5.32 Å². The van der Waals surface area contributed by atoms with Crippen LogP contribution in [0.5, 0.6) is 5.75 Å². The van der Waals surface area contributed by atoms with Crippen molar-refractivity contribution in [2.24, 2.45) is 5.92 Å². The van der Waals surface area contributed by atoms with E-state index in [9.17, 15) is 14.0 Å². The van der Waals surface area contributed by atoms with Crippen LogP contribution in [0.2, 0.25) is 0 Å². The number of nitrogens with one attached hydrogen (secondary N) is 1. The van der Waals surface area contributed by atoms with Gasteiger partial charge in [0.15, 0.2) is 6.61 Å². The summed E-state index contributed by atoms with van der Waals surface area (Å²) in [6.45, 7) is 3.07. The standard InChI is InChI=1S/C13H16FNO4/c1-8(2)12(13(17)18)15-11(16)7-19-10-5-3-9(14)4-6-10/h3-6,8,12H,7H2,1-2H3,(H,15,16)(H,17,18)/t12-/m1/s1. The molecule has 2 N–H and O–H groups in total. The lowest BCUT2D eigenvalue weighted by Gasteiger charge is -2.17. The van der Waals surface area contributed by atoms with Crippen molar-refractivity contribution < 1.29 is 23.8 Å². The molecule has 0 spiro atoms. The van der Waals surface area contributed by atoms with E-state index in [1.165, 1.54) is 24.3 Å². The first-order chi connectivity index (χ1) is 8.90. The Labute approximate surface area is 110 Å². The summed E-state index contributed by atoms with van der Waals surface area (Å²) in [7, 11) is 0. The molecule has 0 saturated heterocycles. The van der Waals surface area contributed by atoms with Crippen molar-refractivity contribution in [3.05, 3.63) is 30.1 Å². The van der Waals surface area contributed by atoms with E-state index in [0.29, 0.717) is 5.75 Å². The number of carboxylic acid groups (broad SMARTS) is 1. The quantitative estimate of drug-likeness (QED) is 0.819. The summed E-state index contributed by atoms with van der Waals surface area (Å²) < 4.78 is 17.7. The lowest BCUT2D eigenvalue weighted by molar-refractivity contribution is -0.143. The van der Waals surface area contributed by atoms with Gasteiger partial charge in [0.2, 0.25) is 0 Å². The molecule has 0 saturated carbocycles. The van der Waals surface area contributed by atoms with Crippen molar-refractivity contribution in [3.8, 4) is 5.75 Å². The number of carbonyl (C=O) groups is 2. The molecule has 0 aliphatic carbocycles. The number of halogens is 1. The summed E-state index contributed by atoms with van der Waals surface area (Å²) in [6.07, 6.45) is 0. The van der Waals surface area contributed by atoms with Gasteiger partial charge in [-0.3, -0.25) is 4.79 Å². The Morgan fingerprint density at radius 2 is 1.89 bits per heavy atom. The second-order valence-electron chi connectivity index (χ2n) is 4.37. The zero-order valence-corrected chi connectivity index (χ0v) is 10.7. The van der Waals surface area contributed by atoms with Crippen molar-refractivity contribution in [2.75, 3.05) is 6.61 Å². The number of hydrogen-bond donors (Lipinski definition) is 2. The highest BCUT2D eigenvalue weighted by atomic mass is 19.1. The number of rotatable bonds is 6. The average molecular weight is 269 g/mol. The summed E-state index contributed by atoms with van der Waals surface area (Å²) >= 11 is 0. The molecule has 0 heterocycles. The monoisotopic (exact) mass is 269 g/mol. The van der Waals surface area contributed by atoms with Crippen LogP contribution in [0.1, 0.15) is 13.8 Å². The molecule has 1 atom stereocenters. The Bertz CT molecular complexity index is 444. The van der Waals surface area contributed by atoms with Crippen LogP contribution in [0.4, 0.5) is 4.39 Å². The van der Waals surface area contributed by atoms with Crippen LogP contribution in [0.25, 0.3) is 0 Å². The highest BCUT2D eigenvalue weighted by Crippen LogP contribution is 2.10. The molecule has 0 aliphatic rings. The highest BCUT2D eigenvalue weighted by Gasteiger charge is 2.23. The first-order valence-electron chi connectivity index (χ1n) is 5.80. The number of benzene rings is 1. The molecule has 1 aromatic carbocycles. The minimum Gasteiger partial charge on any atom is -0.484 e. The number of amides is 1. The van der Waals surface area contributed by atoms with Gasteiger partial charge >= 0.3 is 5.97 Å². The Kier molecular flexibility index (Phi) is 5.29. The maximum Gasteiger partial charge on any atom is 0.326 e. The fourth-order valence-corrected chi connectivity index (χ4v) is 1.41. The van der Waals surface area contributed by atoms with E-state index in [1.54, 1.807) is 13.8 Å². The van der Waals surface area contributed by atoms with E-state index >= 15 is 0 Å². The van der Waals surface area contributed by atoms with Gasteiger partial charge in [0, 0.05) is 0 Å². The van der Waals surface area contributed by atoms with Gasteiger partial charge in [-0.15, -0.1) is 0 Å². The number of carbonyl (C=O) groups excluding carboxylic acids is 1. The third kappa shape index (κ3) is 4.95. The van der Waals surface area contributed by atoms with Gasteiger partial charge in [-0.05, 0) is 30.2 Å². The fourth-order valence-electron chi connectivity index (χ4n) is 1.41. The predicted octanol–water partition coefficient (Wildman–Crippen LogP) is 1.43. The molecule has 0 aliphatic heterocycles. The van der Waals surface area contributed by atoms with Crippen LogP contribution in [0.15, 0.2) is 24.3 Å². The molecule has 1 rings (SSSR count). The van der Waals surface area contributed by atoms with Crippen LogP contribution in [0.3, 0.4) is 0 Å². The molecule has 5 nitrogen and oxygen atoms in total. The van der Waals surface area contributed by atoms with Crippen molar-refractivity contribution in [2.45, 2.75) is 19.9 Å². The Morgan fingerprint density at radius 3 is 2.37 bits per heavy atom. The Hall–Kier alpha value is -2.11. The maximum absolute atomic E-state index is 12.6. The van der Waals surface area contributed by atoms with E-state index in [-0.39, 0.29) is 12.5 Å². The minimum atomic E-state index is -1.09. The molecular weight excluding hydrogens is 253 g/mol. The maximum atomic E-state index is 12.6. The highest BCUT2D eigenvalue weighted by molar-refractivity contribution is 5.84. The van der Waals surface area contributed by atoms with E-state index in [0.717, 1.165) is 0 Å². The van der Waals surface area contributed by atoms with Crippen molar-refractivity contribution in [1.29, 1.82) is 0 Å². The summed E-state index contributed by atoms with van der Waals surface area (Å²) in [5.74, 6) is -1.92. The van der Waals surface area contributed by atoms with Gasteiger partial charge in [0.05, 0.1) is 0 Å². The van der Waals surface area contributed by atoms with Gasteiger partial charge in [0.1, 0.15) is 17.6 Å². The van der Waals surface area contributed by atoms with E-state index < -0.39 is 23.7 Å². The lowest BCUT2D eigenvalue weighted by atomic mass is 10.1. The molecule has 6 heteroatoms. The largest absolute Gasteiger partial charge is 0.484 e. The summed E-state index contributed by atoms with van der Waals surface area (Å²) in [5.41, 5.74) is 0. The van der Waals surface area contributed by atoms with Crippen LogP contribution in [-0.4, -0.2) is 29.6 Å². The number of hydrogen-bond acceptors (Lipinski definition) is 3. The Morgan fingerprint density at radius 1 is 1.32 bits per heavy atom. The first kappa shape index (κ1) is 14.9. The second kappa shape index (κ2) is 6.72. The summed E-state index contributed by atoms with van der Waals surface area (Å²) in [6, 6.07) is 4.24. The number of aliphatic carboxylic acids is 1. The molecule has 0 bridgehead atoms. The Balaban J connectivity index is 2.47. The van der Waals surface area contributed by atoms with E-state index in [1.807, 2.05) is 0 Å². The molecule has 0 aromatic heterocycles. The van der Waals surface area contributed by atoms with E-state index in [4.69, 9.17) is 9.84 Å². The van der Waals surface area contributed by atoms with Gasteiger partial charge < -0.3 is 15.2 Å². The first-order valence-corrected chi connectivity index (χ1v) is 5.80. The van der Waals surface area contributed by atoms with Crippen molar-refractivity contribution in [3.63, 3.8) is 0 Å². The fraction of sp³-hybridized carbons (Fsp3) is 0.385. The lowest BCUT2D eigenvalue weighted by Crippen LogP contribution is -2.46. The topological polar surface area (TPSA) is 75.6 Å². The molecule has 104 valence electrons. The third-order valence-corrected chi connectivity index (χ3v) is 2.43. The van der Waals surface area contributed by atoms with Crippen molar-refractivity contribution >= 4 is 11.9 Å². The molecule has 1 amide bonds. The summed E-state index contributed by atoms with van der Waals surface area (Å²) in [4.78, 5) is 22.4. The van der Waals surface area contributed by atoms with E-state index in [2.05, 4.69) is 5.32 Å². The zero-order chi connectivity index (χ0) is 14.4. The van der Waals surface area contributed by atoms with Crippen LogP contribution in [-0.2, 0) is 9.59 Å². The van der Waals surface area contributed by atoms with Crippen LogP contribution in [0, 0.1) is 11.7 Å². The van der Waals surface area contributed by atoms with Gasteiger partial charge in [0.25, 0.3) is 5.91 Å². The molecule has 19 heavy (non-hydrogen) atoms. The predicted molar refractivity (Wildman–Crippen MR) is 66.3 cm³/mol. The van der Waals surface area contributed by atoms with Crippen LogP contribution < -0.4 is 10.1 Å². The molecule has 0 fully saturated rings. The smallest absolute Gasteiger partial charge is 0.326 e. The zero-order valence-electron chi connectivity index (χ0n) is 10.7. The second-order valence-corrected chi connectivity index (χ2v) is 4.37. The molecule has 1 aromatic rings. The third-order valence-electron chi connectivity index (χ3n) is 2.43. The summed E-state index contributed by atoms with van der Waals surface area (Å²) in [5, 5.41) is 11.3. The number of carboxylic acids is 1. The molecule has 0 radical (unpaired) electrons. The van der Waals surface area contributed by atoms with Gasteiger partial charge in [-0.1, -0.05) is 13.8 Å². The van der Waals surface area contributed by atoms with Gasteiger partial charge in [-0.2, -0.15) is 0 Å². The normalized spacial score (nSPS) is 12.0. The average Bonchev–Trinajstić information content (AvgIpc) is 2.34. The SMILES string of the molecule is CC(C)[C@@H](NC(=O)COc1ccc(F)cc1)C(=O)O. The van der Waals surface area contributed by atoms with Crippen LogP contribution >= 0.6 is 0 Å². The molecule has 0 unspecified atom stereocenters. The minimum absolute atomic E-state index is 0.229. The number of ether oxygens (including phenoxy) is 1. The van der Waals surface area contributed by atoms with Gasteiger partial charge in [-0.25, -0.2) is 9.18 Å².